The number of carboxylic acid groups (broad SMARTS) is 1. The van der Waals surface area contributed by atoms with Crippen molar-refractivity contribution in [3.05, 3.63) is 29.8 Å². The Kier molecular flexibility index (Phi) is 4.14. The van der Waals surface area contributed by atoms with E-state index in [0.717, 1.165) is 5.56 Å². The molecule has 0 aliphatic carbocycles. The monoisotopic (exact) mass is 252 g/mol. The summed E-state index contributed by atoms with van der Waals surface area (Å²) in [6.45, 7) is 3.05. The molecular formula is C12H16N2O4. The molecule has 0 unspecified atom stereocenters. The van der Waals surface area contributed by atoms with Crippen molar-refractivity contribution in [1.29, 1.82) is 0 Å². The predicted molar refractivity (Wildman–Crippen MR) is 65.2 cm³/mol. The molecule has 4 N–H and O–H groups in total. The number of rotatable bonds is 4. The molecule has 0 atom stereocenters. The summed E-state index contributed by atoms with van der Waals surface area (Å²) >= 11 is 0. The van der Waals surface area contributed by atoms with Crippen LogP contribution >= 0.6 is 0 Å². The second-order valence-corrected chi connectivity index (χ2v) is 4.40. The molecule has 2 amide bonds. The third kappa shape index (κ3) is 3.97. The number of carboxylic acids is 1. The van der Waals surface area contributed by atoms with Gasteiger partial charge in [-0.1, -0.05) is 12.1 Å². The number of aliphatic carboxylic acids is 1. The molecule has 98 valence electrons. The first kappa shape index (κ1) is 13.8. The van der Waals surface area contributed by atoms with Crippen molar-refractivity contribution >= 4 is 12.0 Å². The SMILES string of the molecule is CC(C)(NC(=O)NCc1ccc(O)cc1)C(=O)O. The summed E-state index contributed by atoms with van der Waals surface area (Å²) in [5.41, 5.74) is -0.518. The number of carbonyl (C=O) groups is 2. The van der Waals surface area contributed by atoms with E-state index in [0.29, 0.717) is 0 Å². The number of aromatic hydroxyl groups is 1. The molecule has 0 spiro atoms. The number of hydrogen-bond acceptors (Lipinski definition) is 3. The number of benzene rings is 1. The molecule has 6 nitrogen and oxygen atoms in total. The van der Waals surface area contributed by atoms with Gasteiger partial charge in [0, 0.05) is 6.54 Å². The number of phenols is 1. The maximum absolute atomic E-state index is 11.5. The van der Waals surface area contributed by atoms with Crippen LogP contribution < -0.4 is 10.6 Å². The van der Waals surface area contributed by atoms with Gasteiger partial charge in [0.25, 0.3) is 0 Å². The zero-order valence-corrected chi connectivity index (χ0v) is 10.2. The Hall–Kier alpha value is -2.24. The van der Waals surface area contributed by atoms with Gasteiger partial charge in [-0.3, -0.25) is 0 Å². The van der Waals surface area contributed by atoms with Crippen molar-refractivity contribution in [1.82, 2.24) is 10.6 Å². The molecule has 0 aliphatic rings. The molecule has 1 rings (SSSR count). The van der Waals surface area contributed by atoms with E-state index in [4.69, 9.17) is 10.2 Å². The summed E-state index contributed by atoms with van der Waals surface area (Å²) < 4.78 is 0. The molecule has 0 fully saturated rings. The van der Waals surface area contributed by atoms with E-state index in [2.05, 4.69) is 10.6 Å². The number of amides is 2. The summed E-state index contributed by atoms with van der Waals surface area (Å²) in [4.78, 5) is 22.3. The second kappa shape index (κ2) is 5.39. The van der Waals surface area contributed by atoms with Crippen molar-refractivity contribution in [3.8, 4) is 5.75 Å². The lowest BCUT2D eigenvalue weighted by atomic mass is 10.1. The van der Waals surface area contributed by atoms with Crippen LogP contribution in [0.5, 0.6) is 5.75 Å². The molecule has 0 aromatic heterocycles. The molecule has 0 bridgehead atoms. The standard InChI is InChI=1S/C12H16N2O4/c1-12(2,10(16)17)14-11(18)13-7-8-3-5-9(15)6-4-8/h3-6,15H,7H2,1-2H3,(H,16,17)(H2,13,14,18). The Labute approximate surface area is 105 Å². The van der Waals surface area contributed by atoms with Gasteiger partial charge in [0.1, 0.15) is 11.3 Å². The van der Waals surface area contributed by atoms with Gasteiger partial charge in [0.05, 0.1) is 0 Å². The topological polar surface area (TPSA) is 98.7 Å². The van der Waals surface area contributed by atoms with Crippen molar-refractivity contribution in [3.63, 3.8) is 0 Å². The Morgan fingerprint density at radius 3 is 2.28 bits per heavy atom. The van der Waals surface area contributed by atoms with E-state index in [1.165, 1.54) is 26.0 Å². The fourth-order valence-electron chi connectivity index (χ4n) is 1.18. The maximum atomic E-state index is 11.5. The molecule has 0 saturated carbocycles. The van der Waals surface area contributed by atoms with Crippen molar-refractivity contribution < 1.29 is 19.8 Å². The molecule has 1 aromatic rings. The molecular weight excluding hydrogens is 236 g/mol. The lowest BCUT2D eigenvalue weighted by Crippen LogP contribution is -2.52. The first-order valence-electron chi connectivity index (χ1n) is 5.38. The lowest BCUT2D eigenvalue weighted by Gasteiger charge is -2.21. The number of hydrogen-bond donors (Lipinski definition) is 4. The Morgan fingerprint density at radius 1 is 1.22 bits per heavy atom. The van der Waals surface area contributed by atoms with Gasteiger partial charge in [-0.05, 0) is 31.5 Å². The van der Waals surface area contributed by atoms with Gasteiger partial charge in [-0.25, -0.2) is 9.59 Å². The highest BCUT2D eigenvalue weighted by molar-refractivity contribution is 5.85. The molecule has 0 aliphatic heterocycles. The largest absolute Gasteiger partial charge is 0.508 e. The van der Waals surface area contributed by atoms with Crippen molar-refractivity contribution in [2.24, 2.45) is 0 Å². The van der Waals surface area contributed by atoms with Crippen LogP contribution in [0.3, 0.4) is 0 Å². The number of phenolic OH excluding ortho intramolecular Hbond substituents is 1. The minimum Gasteiger partial charge on any atom is -0.508 e. The third-order valence-corrected chi connectivity index (χ3v) is 2.35. The summed E-state index contributed by atoms with van der Waals surface area (Å²) in [5, 5.41) is 22.8. The van der Waals surface area contributed by atoms with Crippen LogP contribution in [-0.4, -0.2) is 27.8 Å². The van der Waals surface area contributed by atoms with Crippen LogP contribution in [0.4, 0.5) is 4.79 Å². The van der Waals surface area contributed by atoms with E-state index in [1.807, 2.05) is 0 Å². The summed E-state index contributed by atoms with van der Waals surface area (Å²) in [7, 11) is 0. The second-order valence-electron chi connectivity index (χ2n) is 4.40. The molecule has 6 heteroatoms. The first-order chi connectivity index (χ1) is 8.31. The molecule has 18 heavy (non-hydrogen) atoms. The van der Waals surface area contributed by atoms with E-state index in [1.54, 1.807) is 12.1 Å². The first-order valence-corrected chi connectivity index (χ1v) is 5.38. The van der Waals surface area contributed by atoms with Gasteiger partial charge in [0.2, 0.25) is 0 Å². The molecule has 0 saturated heterocycles. The minimum absolute atomic E-state index is 0.148. The van der Waals surface area contributed by atoms with Gasteiger partial charge in [-0.2, -0.15) is 0 Å². The fourth-order valence-corrected chi connectivity index (χ4v) is 1.18. The number of nitrogens with one attached hydrogen (secondary N) is 2. The highest BCUT2D eigenvalue weighted by Gasteiger charge is 2.28. The normalized spacial score (nSPS) is 10.8. The van der Waals surface area contributed by atoms with E-state index < -0.39 is 17.5 Å². The van der Waals surface area contributed by atoms with Crippen molar-refractivity contribution in [2.45, 2.75) is 25.9 Å². The third-order valence-electron chi connectivity index (χ3n) is 2.35. The number of carbonyl (C=O) groups excluding carboxylic acids is 1. The highest BCUT2D eigenvalue weighted by Crippen LogP contribution is 2.09. The quantitative estimate of drug-likeness (QED) is 0.643. The zero-order chi connectivity index (χ0) is 13.8. The highest BCUT2D eigenvalue weighted by atomic mass is 16.4. The van der Waals surface area contributed by atoms with Gasteiger partial charge >= 0.3 is 12.0 Å². The Bertz CT molecular complexity index is 440. The van der Waals surface area contributed by atoms with Crippen LogP contribution in [0.2, 0.25) is 0 Å². The van der Waals surface area contributed by atoms with Crippen molar-refractivity contribution in [2.75, 3.05) is 0 Å². The average Bonchev–Trinajstić information content (AvgIpc) is 2.27. The predicted octanol–water partition coefficient (Wildman–Crippen LogP) is 1.05. The zero-order valence-electron chi connectivity index (χ0n) is 10.2. The summed E-state index contributed by atoms with van der Waals surface area (Å²) in [6, 6.07) is 5.79. The van der Waals surface area contributed by atoms with Crippen LogP contribution in [0.15, 0.2) is 24.3 Å². The van der Waals surface area contributed by atoms with E-state index in [9.17, 15) is 9.59 Å². The van der Waals surface area contributed by atoms with Gasteiger partial charge in [-0.15, -0.1) is 0 Å². The Balaban J connectivity index is 2.47. The Morgan fingerprint density at radius 2 is 1.78 bits per heavy atom. The summed E-state index contributed by atoms with van der Waals surface area (Å²) in [5.74, 6) is -0.961. The lowest BCUT2D eigenvalue weighted by molar-refractivity contribution is -0.142. The fraction of sp³-hybridized carbons (Fsp3) is 0.333. The van der Waals surface area contributed by atoms with Crippen LogP contribution in [-0.2, 0) is 11.3 Å². The van der Waals surface area contributed by atoms with Crippen LogP contribution in [0.25, 0.3) is 0 Å². The number of urea groups is 1. The molecule has 0 heterocycles. The van der Waals surface area contributed by atoms with Crippen LogP contribution in [0.1, 0.15) is 19.4 Å². The maximum Gasteiger partial charge on any atom is 0.328 e. The van der Waals surface area contributed by atoms with Crippen LogP contribution in [0, 0.1) is 0 Å². The average molecular weight is 252 g/mol. The minimum atomic E-state index is -1.32. The molecule has 1 aromatic carbocycles. The summed E-state index contributed by atoms with van der Waals surface area (Å²) in [6.07, 6.45) is 0. The molecule has 0 radical (unpaired) electrons. The smallest absolute Gasteiger partial charge is 0.328 e. The van der Waals surface area contributed by atoms with Gasteiger partial charge < -0.3 is 20.8 Å². The van der Waals surface area contributed by atoms with Gasteiger partial charge in [0.15, 0.2) is 0 Å². The van der Waals surface area contributed by atoms with E-state index in [-0.39, 0.29) is 12.3 Å². The van der Waals surface area contributed by atoms with E-state index >= 15 is 0 Å².